The summed E-state index contributed by atoms with van der Waals surface area (Å²) in [5.74, 6) is -0.471. The fourth-order valence-corrected chi connectivity index (χ4v) is 1.45. The molecule has 2 rings (SSSR count). The van der Waals surface area contributed by atoms with Crippen molar-refractivity contribution in [3.8, 4) is 0 Å². The lowest BCUT2D eigenvalue weighted by molar-refractivity contribution is 0.155. The zero-order valence-corrected chi connectivity index (χ0v) is 10.4. The predicted molar refractivity (Wildman–Crippen MR) is 69.2 cm³/mol. The number of rotatable bonds is 3. The van der Waals surface area contributed by atoms with Gasteiger partial charge in [0.15, 0.2) is 0 Å². The highest BCUT2D eigenvalue weighted by molar-refractivity contribution is 5.84. The Labute approximate surface area is 110 Å². The molecule has 0 unspecified atom stereocenters. The Morgan fingerprint density at radius 1 is 1.37 bits per heavy atom. The molecule has 98 valence electrons. The molecule has 0 fully saturated rings. The molecule has 1 aromatic carbocycles. The quantitative estimate of drug-likeness (QED) is 0.921. The smallest absolute Gasteiger partial charge is 0.412 e. The molecule has 0 saturated carbocycles. The van der Waals surface area contributed by atoms with Gasteiger partial charge in [-0.3, -0.25) is 10.3 Å². The second kappa shape index (κ2) is 5.95. The van der Waals surface area contributed by atoms with Gasteiger partial charge in [0.1, 0.15) is 12.4 Å². The number of carbonyl (C=O) groups is 1. The summed E-state index contributed by atoms with van der Waals surface area (Å²) in [7, 11) is 0. The Hall–Kier alpha value is -2.43. The van der Waals surface area contributed by atoms with Gasteiger partial charge in [-0.25, -0.2) is 9.18 Å². The minimum absolute atomic E-state index is 0.161. The van der Waals surface area contributed by atoms with Crippen LogP contribution in [0.1, 0.15) is 11.3 Å². The number of ether oxygens (including phenoxy) is 1. The van der Waals surface area contributed by atoms with E-state index in [4.69, 9.17) is 4.74 Å². The van der Waals surface area contributed by atoms with Gasteiger partial charge in [0, 0.05) is 6.07 Å². The number of nitrogens with one attached hydrogen (secondary N) is 1. The molecule has 0 radical (unpaired) electrons. The number of hydrogen-bond donors (Lipinski definition) is 1. The average molecular weight is 260 g/mol. The van der Waals surface area contributed by atoms with Gasteiger partial charge in [0.2, 0.25) is 0 Å². The molecule has 1 N–H and O–H groups in total. The maximum absolute atomic E-state index is 13.2. The lowest BCUT2D eigenvalue weighted by Gasteiger charge is -2.07. The molecule has 5 heteroatoms. The molecule has 1 heterocycles. The van der Waals surface area contributed by atoms with Crippen LogP contribution in [-0.2, 0) is 11.3 Å². The van der Waals surface area contributed by atoms with E-state index in [-0.39, 0.29) is 18.0 Å². The van der Waals surface area contributed by atoms with E-state index in [0.717, 1.165) is 5.56 Å². The number of carbonyl (C=O) groups excluding carboxylic acids is 1. The zero-order valence-electron chi connectivity index (χ0n) is 10.4. The maximum atomic E-state index is 13.2. The highest BCUT2D eigenvalue weighted by Crippen LogP contribution is 2.11. The van der Waals surface area contributed by atoms with Crippen LogP contribution in [0.2, 0.25) is 0 Å². The first-order valence-electron chi connectivity index (χ1n) is 5.75. The largest absolute Gasteiger partial charge is 0.444 e. The van der Waals surface area contributed by atoms with Crippen molar-refractivity contribution in [3.63, 3.8) is 0 Å². The highest BCUT2D eigenvalue weighted by Gasteiger charge is 2.06. The summed E-state index contributed by atoms with van der Waals surface area (Å²) < 4.78 is 18.2. The molecular formula is C14H13FN2O2. The normalized spacial score (nSPS) is 10.0. The SMILES string of the molecule is Cc1ncc(NC(=O)OCc2ccccc2)cc1F. The van der Waals surface area contributed by atoms with Gasteiger partial charge < -0.3 is 4.74 Å². The Morgan fingerprint density at radius 3 is 2.79 bits per heavy atom. The van der Waals surface area contributed by atoms with Crippen LogP contribution in [0.4, 0.5) is 14.9 Å². The van der Waals surface area contributed by atoms with Crippen molar-refractivity contribution in [2.75, 3.05) is 5.32 Å². The molecule has 1 aromatic heterocycles. The van der Waals surface area contributed by atoms with Gasteiger partial charge in [-0.15, -0.1) is 0 Å². The van der Waals surface area contributed by atoms with E-state index in [1.807, 2.05) is 30.3 Å². The number of benzene rings is 1. The van der Waals surface area contributed by atoms with E-state index in [1.165, 1.54) is 12.3 Å². The van der Waals surface area contributed by atoms with E-state index in [9.17, 15) is 9.18 Å². The number of aromatic nitrogens is 1. The fraction of sp³-hybridized carbons (Fsp3) is 0.143. The van der Waals surface area contributed by atoms with Gasteiger partial charge >= 0.3 is 6.09 Å². The second-order valence-electron chi connectivity index (χ2n) is 3.98. The number of pyridine rings is 1. The molecule has 4 nitrogen and oxygen atoms in total. The molecular weight excluding hydrogens is 247 g/mol. The third-order valence-electron chi connectivity index (χ3n) is 2.48. The lowest BCUT2D eigenvalue weighted by Crippen LogP contribution is -2.14. The fourth-order valence-electron chi connectivity index (χ4n) is 1.45. The summed E-state index contributed by atoms with van der Waals surface area (Å²) in [5.41, 5.74) is 1.43. The molecule has 0 aliphatic rings. The molecule has 0 saturated heterocycles. The maximum Gasteiger partial charge on any atom is 0.412 e. The van der Waals surface area contributed by atoms with Crippen LogP contribution < -0.4 is 5.32 Å². The van der Waals surface area contributed by atoms with Crippen LogP contribution >= 0.6 is 0 Å². The van der Waals surface area contributed by atoms with Crippen LogP contribution in [0.3, 0.4) is 0 Å². The van der Waals surface area contributed by atoms with Crippen LogP contribution in [0.15, 0.2) is 42.6 Å². The zero-order chi connectivity index (χ0) is 13.7. The number of halogens is 1. The summed E-state index contributed by atoms with van der Waals surface area (Å²) in [6.45, 7) is 1.71. The molecule has 0 spiro atoms. The average Bonchev–Trinajstić information content (AvgIpc) is 2.42. The number of anilines is 1. The van der Waals surface area contributed by atoms with E-state index in [2.05, 4.69) is 10.3 Å². The molecule has 2 aromatic rings. The van der Waals surface area contributed by atoms with Crippen molar-refractivity contribution in [3.05, 3.63) is 59.7 Å². The third kappa shape index (κ3) is 3.77. The van der Waals surface area contributed by atoms with E-state index in [1.54, 1.807) is 6.92 Å². The van der Waals surface area contributed by atoms with Crippen LogP contribution in [0, 0.1) is 12.7 Å². The second-order valence-corrected chi connectivity index (χ2v) is 3.98. The number of hydrogen-bond acceptors (Lipinski definition) is 3. The van der Waals surface area contributed by atoms with Crippen molar-refractivity contribution in [2.45, 2.75) is 13.5 Å². The first-order chi connectivity index (χ1) is 9.15. The summed E-state index contributed by atoms with van der Waals surface area (Å²) in [4.78, 5) is 15.3. The Kier molecular flexibility index (Phi) is 4.07. The van der Waals surface area contributed by atoms with Crippen molar-refractivity contribution in [2.24, 2.45) is 0 Å². The molecule has 0 atom stereocenters. The van der Waals surface area contributed by atoms with Crippen molar-refractivity contribution >= 4 is 11.8 Å². The summed E-state index contributed by atoms with van der Waals surface area (Å²) in [6.07, 6.45) is 0.733. The summed E-state index contributed by atoms with van der Waals surface area (Å²) in [5, 5.41) is 2.42. The monoisotopic (exact) mass is 260 g/mol. The standard InChI is InChI=1S/C14H13FN2O2/c1-10-13(15)7-12(8-16-10)17-14(18)19-9-11-5-3-2-4-6-11/h2-8H,9H2,1H3,(H,17,18). The molecule has 1 amide bonds. The van der Waals surface area contributed by atoms with Crippen LogP contribution in [0.25, 0.3) is 0 Å². The molecule has 19 heavy (non-hydrogen) atoms. The number of aryl methyl sites for hydroxylation is 1. The van der Waals surface area contributed by atoms with Crippen molar-refractivity contribution in [1.29, 1.82) is 0 Å². The van der Waals surface area contributed by atoms with Crippen LogP contribution in [-0.4, -0.2) is 11.1 Å². The Morgan fingerprint density at radius 2 is 2.11 bits per heavy atom. The Bertz CT molecular complexity index is 573. The molecule has 0 aliphatic carbocycles. The highest BCUT2D eigenvalue weighted by atomic mass is 19.1. The summed E-state index contributed by atoms with van der Waals surface area (Å²) in [6, 6.07) is 10.5. The van der Waals surface area contributed by atoms with E-state index >= 15 is 0 Å². The summed E-state index contributed by atoms with van der Waals surface area (Å²) >= 11 is 0. The molecule has 0 aliphatic heterocycles. The number of nitrogens with zero attached hydrogens (tertiary/aromatic N) is 1. The van der Waals surface area contributed by atoms with Crippen LogP contribution in [0.5, 0.6) is 0 Å². The van der Waals surface area contributed by atoms with E-state index in [0.29, 0.717) is 0 Å². The van der Waals surface area contributed by atoms with Gasteiger partial charge in [0.05, 0.1) is 17.6 Å². The number of amides is 1. The van der Waals surface area contributed by atoms with Gasteiger partial charge in [-0.05, 0) is 12.5 Å². The minimum atomic E-state index is -0.645. The Balaban J connectivity index is 1.89. The first kappa shape index (κ1) is 13.0. The predicted octanol–water partition coefficient (Wildman–Crippen LogP) is 3.28. The minimum Gasteiger partial charge on any atom is -0.444 e. The topological polar surface area (TPSA) is 51.2 Å². The molecule has 0 bridgehead atoms. The van der Waals surface area contributed by atoms with Gasteiger partial charge in [-0.2, -0.15) is 0 Å². The van der Waals surface area contributed by atoms with Crippen molar-refractivity contribution in [1.82, 2.24) is 4.98 Å². The third-order valence-corrected chi connectivity index (χ3v) is 2.48. The van der Waals surface area contributed by atoms with Gasteiger partial charge in [-0.1, -0.05) is 30.3 Å². The van der Waals surface area contributed by atoms with Gasteiger partial charge in [0.25, 0.3) is 0 Å². The lowest BCUT2D eigenvalue weighted by atomic mass is 10.2. The van der Waals surface area contributed by atoms with E-state index < -0.39 is 11.9 Å². The van der Waals surface area contributed by atoms with Crippen molar-refractivity contribution < 1.29 is 13.9 Å². The first-order valence-corrected chi connectivity index (χ1v) is 5.75.